The number of fused-ring (bicyclic) bond motifs is 3. The molecule has 2 nitrogen and oxygen atoms in total. The van der Waals surface area contributed by atoms with Crippen molar-refractivity contribution in [2.45, 2.75) is 18.4 Å². The van der Waals surface area contributed by atoms with Gasteiger partial charge in [0.15, 0.2) is 0 Å². The topological polar surface area (TPSA) is 38.0 Å². The second kappa shape index (κ2) is 5.22. The number of nitrogens with two attached hydrogens (primary N) is 1. The predicted molar refractivity (Wildman–Crippen MR) is 93.7 cm³/mol. The van der Waals surface area contributed by atoms with Gasteiger partial charge in [-0.3, -0.25) is 0 Å². The zero-order valence-corrected chi connectivity index (χ0v) is 13.4. The summed E-state index contributed by atoms with van der Waals surface area (Å²) in [6.07, 6.45) is 5.56. The molecule has 2 aliphatic rings. The van der Waals surface area contributed by atoms with Crippen molar-refractivity contribution >= 4 is 34.6 Å². The fourth-order valence-corrected chi connectivity index (χ4v) is 4.11. The lowest BCUT2D eigenvalue weighted by molar-refractivity contribution is 0.426. The maximum Gasteiger partial charge on any atom is 0.0645 e. The van der Waals surface area contributed by atoms with E-state index in [-0.39, 0.29) is 6.04 Å². The molecule has 0 unspecified atom stereocenters. The van der Waals surface area contributed by atoms with Gasteiger partial charge in [0.2, 0.25) is 0 Å². The van der Waals surface area contributed by atoms with Gasteiger partial charge in [0.05, 0.1) is 16.1 Å². The molecule has 2 aromatic carbocycles. The fourth-order valence-electron chi connectivity index (χ4n) is 3.68. The number of allylic oxidation sites excluding steroid dienone is 2. The highest BCUT2D eigenvalue weighted by atomic mass is 35.5. The maximum atomic E-state index is 6.46. The van der Waals surface area contributed by atoms with Gasteiger partial charge in [-0.05, 0) is 47.7 Å². The largest absolute Gasteiger partial charge is 0.399 e. The molecule has 1 aliphatic heterocycles. The van der Waals surface area contributed by atoms with Gasteiger partial charge in [-0.1, -0.05) is 47.5 Å². The van der Waals surface area contributed by atoms with E-state index < -0.39 is 0 Å². The van der Waals surface area contributed by atoms with Crippen molar-refractivity contribution in [1.82, 2.24) is 0 Å². The molecule has 1 heterocycles. The van der Waals surface area contributed by atoms with Crippen molar-refractivity contribution in [2.24, 2.45) is 5.92 Å². The van der Waals surface area contributed by atoms with Crippen molar-refractivity contribution in [3.05, 3.63) is 69.7 Å². The van der Waals surface area contributed by atoms with Gasteiger partial charge < -0.3 is 11.1 Å². The molecule has 2 aromatic rings. The van der Waals surface area contributed by atoms with Crippen LogP contribution in [0, 0.1) is 5.92 Å². The molecule has 0 amide bonds. The first-order valence-electron chi connectivity index (χ1n) is 7.41. The molecule has 1 aliphatic carbocycles. The van der Waals surface area contributed by atoms with Gasteiger partial charge in [0, 0.05) is 17.3 Å². The van der Waals surface area contributed by atoms with Crippen molar-refractivity contribution in [3.8, 4) is 0 Å². The molecule has 0 saturated heterocycles. The summed E-state index contributed by atoms with van der Waals surface area (Å²) in [6, 6.07) is 12.1. The van der Waals surface area contributed by atoms with Crippen molar-refractivity contribution in [3.63, 3.8) is 0 Å². The fraction of sp³-hybridized carbons (Fsp3) is 0.222. The van der Waals surface area contributed by atoms with Crippen LogP contribution in [-0.2, 0) is 0 Å². The summed E-state index contributed by atoms with van der Waals surface area (Å²) in [5.74, 6) is 0.810. The molecule has 0 spiro atoms. The van der Waals surface area contributed by atoms with Crippen LogP contribution in [0.3, 0.4) is 0 Å². The number of halogens is 2. The van der Waals surface area contributed by atoms with Crippen LogP contribution >= 0.6 is 23.2 Å². The van der Waals surface area contributed by atoms with Crippen LogP contribution in [0.25, 0.3) is 0 Å². The lowest BCUT2D eigenvalue weighted by atomic mass is 9.77. The molecular weight excluding hydrogens is 315 g/mol. The van der Waals surface area contributed by atoms with Crippen LogP contribution in [-0.4, -0.2) is 0 Å². The van der Waals surface area contributed by atoms with Gasteiger partial charge in [-0.15, -0.1) is 0 Å². The summed E-state index contributed by atoms with van der Waals surface area (Å²) in [5.41, 5.74) is 10.2. The molecule has 0 bridgehead atoms. The van der Waals surface area contributed by atoms with Crippen molar-refractivity contribution < 1.29 is 0 Å². The highest BCUT2D eigenvalue weighted by Crippen LogP contribution is 2.51. The second-order valence-corrected chi connectivity index (χ2v) is 6.75. The van der Waals surface area contributed by atoms with E-state index in [1.165, 1.54) is 5.56 Å². The predicted octanol–water partition coefficient (Wildman–Crippen LogP) is 5.40. The lowest BCUT2D eigenvalue weighted by Gasteiger charge is -2.38. The molecule has 0 radical (unpaired) electrons. The summed E-state index contributed by atoms with van der Waals surface area (Å²) in [4.78, 5) is 0. The average Bonchev–Trinajstić information content (AvgIpc) is 2.99. The molecule has 4 heteroatoms. The van der Waals surface area contributed by atoms with E-state index in [9.17, 15) is 0 Å². The molecule has 112 valence electrons. The quantitative estimate of drug-likeness (QED) is 0.542. The van der Waals surface area contributed by atoms with E-state index in [1.807, 2.05) is 18.2 Å². The minimum absolute atomic E-state index is 0.155. The zero-order valence-electron chi connectivity index (χ0n) is 11.9. The number of benzene rings is 2. The summed E-state index contributed by atoms with van der Waals surface area (Å²) < 4.78 is 0. The molecule has 4 rings (SSSR count). The van der Waals surface area contributed by atoms with E-state index in [2.05, 4.69) is 35.7 Å². The number of hydrogen-bond donors (Lipinski definition) is 2. The third kappa shape index (κ3) is 2.10. The molecule has 3 N–H and O–H groups in total. The van der Waals surface area contributed by atoms with E-state index in [0.29, 0.717) is 21.9 Å². The van der Waals surface area contributed by atoms with Gasteiger partial charge in [0.1, 0.15) is 0 Å². The number of anilines is 2. The monoisotopic (exact) mass is 330 g/mol. The second-order valence-electron chi connectivity index (χ2n) is 5.97. The standard InChI is InChI=1S/C18H16Cl2N2/c19-15-6-2-5-13(17(15)20)18-12-4-1-3-11(12)14-9-10(21)7-8-16(14)22-18/h1-3,5-9,11-12,18,22H,4,21H2/t11-,12+,18+/m0/s1. The summed E-state index contributed by atoms with van der Waals surface area (Å²) >= 11 is 12.7. The van der Waals surface area contributed by atoms with E-state index in [1.54, 1.807) is 0 Å². The van der Waals surface area contributed by atoms with E-state index in [4.69, 9.17) is 28.9 Å². The Balaban J connectivity index is 1.83. The lowest BCUT2D eigenvalue weighted by Crippen LogP contribution is -2.29. The smallest absolute Gasteiger partial charge is 0.0645 e. The number of nitrogen functional groups attached to an aromatic ring is 1. The first-order valence-corrected chi connectivity index (χ1v) is 8.17. The molecule has 0 saturated carbocycles. The van der Waals surface area contributed by atoms with Gasteiger partial charge in [-0.25, -0.2) is 0 Å². The Kier molecular flexibility index (Phi) is 3.32. The third-order valence-corrected chi connectivity index (χ3v) is 5.54. The maximum absolute atomic E-state index is 6.46. The van der Waals surface area contributed by atoms with Crippen LogP contribution in [0.5, 0.6) is 0 Å². The average molecular weight is 331 g/mol. The Morgan fingerprint density at radius 3 is 2.82 bits per heavy atom. The van der Waals surface area contributed by atoms with Crippen molar-refractivity contribution in [2.75, 3.05) is 11.1 Å². The first-order chi connectivity index (χ1) is 10.6. The van der Waals surface area contributed by atoms with E-state index in [0.717, 1.165) is 23.4 Å². The molecule has 3 atom stereocenters. The summed E-state index contributed by atoms with van der Waals surface area (Å²) in [7, 11) is 0. The minimum Gasteiger partial charge on any atom is -0.399 e. The normalized spacial score (nSPS) is 25.5. The van der Waals surface area contributed by atoms with Crippen LogP contribution in [0.2, 0.25) is 10.0 Å². The first kappa shape index (κ1) is 14.0. The summed E-state index contributed by atoms with van der Waals surface area (Å²) in [5, 5.41) is 4.89. The Bertz CT molecular complexity index is 770. The molecular formula is C18H16Cl2N2. The highest BCUT2D eigenvalue weighted by Gasteiger charge is 2.38. The number of nitrogens with one attached hydrogen (secondary N) is 1. The van der Waals surface area contributed by atoms with Gasteiger partial charge >= 0.3 is 0 Å². The summed E-state index contributed by atoms with van der Waals surface area (Å²) in [6.45, 7) is 0. The molecule has 0 aromatic heterocycles. The van der Waals surface area contributed by atoms with Crippen LogP contribution in [0.1, 0.15) is 29.5 Å². The third-order valence-electron chi connectivity index (χ3n) is 4.70. The van der Waals surface area contributed by atoms with Crippen LogP contribution < -0.4 is 11.1 Å². The van der Waals surface area contributed by atoms with Crippen molar-refractivity contribution in [1.29, 1.82) is 0 Å². The Labute approximate surface area is 139 Å². The van der Waals surface area contributed by atoms with Gasteiger partial charge in [0.25, 0.3) is 0 Å². The Hall–Kier alpha value is -1.64. The zero-order chi connectivity index (χ0) is 15.3. The van der Waals surface area contributed by atoms with Gasteiger partial charge in [-0.2, -0.15) is 0 Å². The SMILES string of the molecule is Nc1ccc2c(c1)[C@H]1C=CC[C@H]1[C@H](c1cccc(Cl)c1Cl)N2. The number of hydrogen-bond acceptors (Lipinski definition) is 2. The highest BCUT2D eigenvalue weighted by molar-refractivity contribution is 6.42. The van der Waals surface area contributed by atoms with Crippen LogP contribution in [0.15, 0.2) is 48.6 Å². The Morgan fingerprint density at radius 2 is 1.95 bits per heavy atom. The molecule has 22 heavy (non-hydrogen) atoms. The number of rotatable bonds is 1. The minimum atomic E-state index is 0.155. The molecule has 0 fully saturated rings. The van der Waals surface area contributed by atoms with Crippen LogP contribution in [0.4, 0.5) is 11.4 Å². The Morgan fingerprint density at radius 1 is 1.09 bits per heavy atom. The van der Waals surface area contributed by atoms with E-state index >= 15 is 0 Å².